The number of primary amides is 1. The Labute approximate surface area is 111 Å². The van der Waals surface area contributed by atoms with Crippen LogP contribution in [0.3, 0.4) is 0 Å². The van der Waals surface area contributed by atoms with E-state index in [1.54, 1.807) is 6.92 Å². The average Bonchev–Trinajstić information content (AvgIpc) is 2.38. The molecular formula is C13H18N4O2. The Morgan fingerprint density at radius 3 is 2.79 bits per heavy atom. The van der Waals surface area contributed by atoms with Gasteiger partial charge in [-0.3, -0.25) is 10.1 Å². The number of nitrogens with one attached hydrogen (secondary N) is 1. The Balaban J connectivity index is 2.24. The highest BCUT2D eigenvalue weighted by molar-refractivity contribution is 5.97. The van der Waals surface area contributed by atoms with Gasteiger partial charge < -0.3 is 16.4 Å². The second-order valence-electron chi connectivity index (χ2n) is 4.68. The minimum absolute atomic E-state index is 0.0150. The smallest absolute Gasteiger partial charge is 0.318 e. The lowest BCUT2D eigenvalue weighted by Crippen LogP contribution is -2.50. The molecule has 1 aliphatic rings. The van der Waals surface area contributed by atoms with E-state index in [0.717, 1.165) is 17.7 Å². The Hall–Kier alpha value is -2.08. The van der Waals surface area contributed by atoms with Crippen LogP contribution < -0.4 is 21.7 Å². The Kier molecular flexibility index (Phi) is 3.71. The summed E-state index contributed by atoms with van der Waals surface area (Å²) in [4.78, 5) is 24.5. The van der Waals surface area contributed by atoms with Crippen LogP contribution in [0.2, 0.25) is 0 Å². The number of hydrogen-bond donors (Lipinski definition) is 3. The Bertz CT molecular complexity index is 503. The summed E-state index contributed by atoms with van der Waals surface area (Å²) >= 11 is 0. The van der Waals surface area contributed by atoms with Crippen LogP contribution in [0, 0.1) is 0 Å². The molecule has 0 saturated carbocycles. The third-order valence-electron chi connectivity index (χ3n) is 3.42. The fraction of sp³-hybridized carbons (Fsp3) is 0.385. The number of nitrogens with two attached hydrogens (primary N) is 2. The van der Waals surface area contributed by atoms with Gasteiger partial charge in [0.05, 0.1) is 0 Å². The quantitative estimate of drug-likeness (QED) is 0.721. The van der Waals surface area contributed by atoms with Crippen LogP contribution in [0.1, 0.15) is 24.9 Å². The van der Waals surface area contributed by atoms with Crippen molar-refractivity contribution in [2.75, 3.05) is 11.4 Å². The van der Waals surface area contributed by atoms with Crippen molar-refractivity contribution in [3.8, 4) is 0 Å². The van der Waals surface area contributed by atoms with Crippen LogP contribution in [0.4, 0.5) is 10.5 Å². The fourth-order valence-electron chi connectivity index (χ4n) is 2.39. The molecule has 0 saturated heterocycles. The number of amides is 3. The highest BCUT2D eigenvalue weighted by Gasteiger charge is 2.29. The molecule has 0 bridgehead atoms. The molecule has 6 nitrogen and oxygen atoms in total. The number of nitrogens with zero attached hydrogens (tertiary/aromatic N) is 1. The summed E-state index contributed by atoms with van der Waals surface area (Å²) in [5, 5.41) is 2.11. The average molecular weight is 262 g/mol. The van der Waals surface area contributed by atoms with E-state index in [-0.39, 0.29) is 6.04 Å². The molecular weight excluding hydrogens is 244 g/mol. The van der Waals surface area contributed by atoms with Gasteiger partial charge in [0.2, 0.25) is 5.91 Å². The predicted molar refractivity (Wildman–Crippen MR) is 72.5 cm³/mol. The summed E-state index contributed by atoms with van der Waals surface area (Å²) in [6, 6.07) is 6.41. The molecule has 1 aromatic carbocycles. The molecule has 2 rings (SSSR count). The number of imide groups is 1. The molecule has 0 spiro atoms. The first-order valence-electron chi connectivity index (χ1n) is 6.22. The molecule has 0 fully saturated rings. The van der Waals surface area contributed by atoms with Crippen LogP contribution in [0.15, 0.2) is 24.3 Å². The van der Waals surface area contributed by atoms with E-state index in [0.29, 0.717) is 6.54 Å². The summed E-state index contributed by atoms with van der Waals surface area (Å²) in [6.45, 7) is 2.41. The summed E-state index contributed by atoms with van der Waals surface area (Å²) in [5.74, 6) is -0.405. The number of carbonyl (C=O) groups is 2. The number of rotatable bonds is 2. The third-order valence-corrected chi connectivity index (χ3v) is 3.42. The summed E-state index contributed by atoms with van der Waals surface area (Å²) in [7, 11) is 0. The molecule has 0 radical (unpaired) electrons. The molecule has 1 heterocycles. The molecule has 102 valence electrons. The maximum absolute atomic E-state index is 11.9. The predicted octanol–water partition coefficient (Wildman–Crippen LogP) is 0.480. The van der Waals surface area contributed by atoms with Crippen LogP contribution in [0.5, 0.6) is 0 Å². The number of carbonyl (C=O) groups excluding carboxylic acids is 2. The summed E-state index contributed by atoms with van der Waals surface area (Å²) < 4.78 is 0. The first kappa shape index (κ1) is 13.4. The first-order valence-corrected chi connectivity index (χ1v) is 6.22. The standard InChI is InChI=1S/C13H18N4O2/c1-8(12(18)16-13(15)19)17-7-6-10(14)9-4-2-3-5-11(9)17/h2-5,8,10H,6-7,14H2,1H3,(H3,15,16,18,19). The van der Waals surface area contributed by atoms with Crippen molar-refractivity contribution >= 4 is 17.6 Å². The van der Waals surface area contributed by atoms with Crippen LogP contribution in [-0.2, 0) is 4.79 Å². The minimum atomic E-state index is -0.834. The summed E-state index contributed by atoms with van der Waals surface area (Å²) in [6.07, 6.45) is 0.769. The van der Waals surface area contributed by atoms with Crippen LogP contribution >= 0.6 is 0 Å². The Morgan fingerprint density at radius 2 is 2.11 bits per heavy atom. The molecule has 3 amide bonds. The number of para-hydroxylation sites is 1. The molecule has 2 atom stereocenters. The van der Waals surface area contributed by atoms with E-state index in [2.05, 4.69) is 5.32 Å². The number of urea groups is 1. The maximum Gasteiger partial charge on any atom is 0.318 e. The van der Waals surface area contributed by atoms with E-state index in [4.69, 9.17) is 11.5 Å². The van der Waals surface area contributed by atoms with Crippen molar-refractivity contribution < 1.29 is 9.59 Å². The van der Waals surface area contributed by atoms with Gasteiger partial charge in [-0.1, -0.05) is 18.2 Å². The van der Waals surface area contributed by atoms with E-state index in [1.165, 1.54) is 0 Å². The largest absolute Gasteiger partial charge is 0.359 e. The van der Waals surface area contributed by atoms with Crippen molar-refractivity contribution in [3.63, 3.8) is 0 Å². The second kappa shape index (κ2) is 5.27. The highest BCUT2D eigenvalue weighted by Crippen LogP contribution is 2.33. The molecule has 19 heavy (non-hydrogen) atoms. The molecule has 1 aliphatic heterocycles. The molecule has 5 N–H and O–H groups in total. The van der Waals surface area contributed by atoms with Crippen LogP contribution in [0.25, 0.3) is 0 Å². The van der Waals surface area contributed by atoms with E-state index >= 15 is 0 Å². The van der Waals surface area contributed by atoms with Crippen LogP contribution in [-0.4, -0.2) is 24.5 Å². The number of hydrogen-bond acceptors (Lipinski definition) is 4. The minimum Gasteiger partial charge on any atom is -0.359 e. The molecule has 0 aromatic heterocycles. The van der Waals surface area contributed by atoms with E-state index in [9.17, 15) is 9.59 Å². The Morgan fingerprint density at radius 1 is 1.42 bits per heavy atom. The lowest BCUT2D eigenvalue weighted by molar-refractivity contribution is -0.120. The van der Waals surface area contributed by atoms with Crippen molar-refractivity contribution in [2.24, 2.45) is 11.5 Å². The van der Waals surface area contributed by atoms with Gasteiger partial charge in [0.25, 0.3) is 0 Å². The van der Waals surface area contributed by atoms with Crippen molar-refractivity contribution in [1.29, 1.82) is 0 Å². The zero-order valence-corrected chi connectivity index (χ0v) is 10.8. The number of anilines is 1. The topological polar surface area (TPSA) is 101 Å². The zero-order chi connectivity index (χ0) is 14.0. The normalized spacial score (nSPS) is 19.5. The van der Waals surface area contributed by atoms with Gasteiger partial charge in [-0.15, -0.1) is 0 Å². The highest BCUT2D eigenvalue weighted by atomic mass is 16.2. The lowest BCUT2D eigenvalue weighted by Gasteiger charge is -2.37. The second-order valence-corrected chi connectivity index (χ2v) is 4.68. The maximum atomic E-state index is 11.9. The fourth-order valence-corrected chi connectivity index (χ4v) is 2.39. The SMILES string of the molecule is CC(C(=O)NC(N)=O)N1CCC(N)c2ccccc21. The molecule has 2 unspecified atom stereocenters. The number of fused-ring (bicyclic) bond motifs is 1. The number of benzene rings is 1. The van der Waals surface area contributed by atoms with Crippen molar-refractivity contribution in [2.45, 2.75) is 25.4 Å². The van der Waals surface area contributed by atoms with Gasteiger partial charge in [-0.25, -0.2) is 4.79 Å². The van der Waals surface area contributed by atoms with Gasteiger partial charge >= 0.3 is 6.03 Å². The van der Waals surface area contributed by atoms with E-state index < -0.39 is 18.0 Å². The lowest BCUT2D eigenvalue weighted by atomic mass is 9.96. The van der Waals surface area contributed by atoms with Gasteiger partial charge in [-0.2, -0.15) is 0 Å². The molecule has 1 aromatic rings. The monoisotopic (exact) mass is 262 g/mol. The van der Waals surface area contributed by atoms with Gasteiger partial charge in [0, 0.05) is 18.3 Å². The van der Waals surface area contributed by atoms with Gasteiger partial charge in [-0.05, 0) is 25.0 Å². The first-order chi connectivity index (χ1) is 9.00. The summed E-state index contributed by atoms with van der Waals surface area (Å²) in [5.41, 5.74) is 13.0. The third kappa shape index (κ3) is 2.68. The molecule has 0 aliphatic carbocycles. The zero-order valence-electron chi connectivity index (χ0n) is 10.8. The van der Waals surface area contributed by atoms with E-state index in [1.807, 2.05) is 29.2 Å². The van der Waals surface area contributed by atoms with Gasteiger partial charge in [0.1, 0.15) is 6.04 Å². The van der Waals surface area contributed by atoms with Crippen molar-refractivity contribution in [3.05, 3.63) is 29.8 Å². The van der Waals surface area contributed by atoms with Gasteiger partial charge in [0.15, 0.2) is 0 Å². The molecule has 6 heteroatoms. The van der Waals surface area contributed by atoms with Crippen molar-refractivity contribution in [1.82, 2.24) is 5.32 Å².